The Hall–Kier alpha value is -2.56. The maximum Gasteiger partial charge on any atom is 0.0565 e. The highest BCUT2D eigenvalue weighted by Crippen LogP contribution is 2.51. The number of hydrogen-bond donors (Lipinski definition) is 2. The summed E-state index contributed by atoms with van der Waals surface area (Å²) in [6.45, 7) is 0. The van der Waals surface area contributed by atoms with Crippen molar-refractivity contribution in [1.29, 1.82) is 0 Å². The fraction of sp³-hybridized carbons (Fsp3) is 0.0833. The van der Waals surface area contributed by atoms with Crippen molar-refractivity contribution in [3.8, 4) is 0 Å². The molecule has 0 aromatic heterocycles. The lowest BCUT2D eigenvalue weighted by molar-refractivity contribution is 0.796. The summed E-state index contributed by atoms with van der Waals surface area (Å²) in [4.78, 5) is 5.22. The molecule has 3 aromatic carbocycles. The first-order valence-electron chi connectivity index (χ1n) is 9.48. The van der Waals surface area contributed by atoms with Crippen LogP contribution in [0.1, 0.15) is 17.9 Å². The van der Waals surface area contributed by atoms with E-state index in [0.29, 0.717) is 5.92 Å². The Morgan fingerprint density at radius 3 is 2.29 bits per heavy atom. The number of anilines is 3. The van der Waals surface area contributed by atoms with Gasteiger partial charge in [-0.25, -0.2) is 0 Å². The SMILES string of the molecule is C1=CC2=C(Nc3ccccc3S2)C(c2cccc3c2Nc2ccccc2S3)C1. The van der Waals surface area contributed by atoms with Gasteiger partial charge < -0.3 is 10.6 Å². The minimum absolute atomic E-state index is 0.328. The lowest BCUT2D eigenvalue weighted by Gasteiger charge is -2.33. The zero-order chi connectivity index (χ0) is 18.5. The summed E-state index contributed by atoms with van der Waals surface area (Å²) in [5.41, 5.74) is 6.35. The predicted octanol–water partition coefficient (Wildman–Crippen LogP) is 7.37. The van der Waals surface area contributed by atoms with Gasteiger partial charge in [0, 0.05) is 31.2 Å². The zero-order valence-corrected chi connectivity index (χ0v) is 16.7. The molecule has 1 unspecified atom stereocenters. The van der Waals surface area contributed by atoms with Crippen molar-refractivity contribution in [1.82, 2.24) is 0 Å². The molecule has 28 heavy (non-hydrogen) atoms. The molecule has 6 rings (SSSR count). The molecule has 1 atom stereocenters. The van der Waals surface area contributed by atoms with Gasteiger partial charge in [0.1, 0.15) is 0 Å². The van der Waals surface area contributed by atoms with Gasteiger partial charge in [0.2, 0.25) is 0 Å². The van der Waals surface area contributed by atoms with Gasteiger partial charge in [0.25, 0.3) is 0 Å². The van der Waals surface area contributed by atoms with Crippen LogP contribution in [0, 0.1) is 0 Å². The number of hydrogen-bond acceptors (Lipinski definition) is 4. The third-order valence-corrected chi connectivity index (χ3v) is 7.72. The van der Waals surface area contributed by atoms with Crippen LogP contribution in [0.2, 0.25) is 0 Å². The van der Waals surface area contributed by atoms with Gasteiger partial charge in [0.05, 0.1) is 17.1 Å². The smallest absolute Gasteiger partial charge is 0.0565 e. The number of rotatable bonds is 1. The summed E-state index contributed by atoms with van der Waals surface area (Å²) in [7, 11) is 0. The average Bonchev–Trinajstić information content (AvgIpc) is 2.75. The number of thioether (sulfide) groups is 1. The standard InChI is InChI=1S/C24H18N2S2/c1-3-11-19-17(9-1)25-23-15(7-5-13-21(23)27-19)16-8-6-14-22-24(16)26-18-10-2-4-12-20(18)28-22/h1-7,9-14,16,25-26H,8H2. The minimum Gasteiger partial charge on any atom is -0.357 e. The van der Waals surface area contributed by atoms with Crippen molar-refractivity contribution < 1.29 is 0 Å². The van der Waals surface area contributed by atoms with Crippen LogP contribution in [0.3, 0.4) is 0 Å². The first-order chi connectivity index (χ1) is 13.9. The second-order valence-electron chi connectivity index (χ2n) is 7.14. The lowest BCUT2D eigenvalue weighted by atomic mass is 9.87. The van der Waals surface area contributed by atoms with Gasteiger partial charge in [-0.1, -0.05) is 72.1 Å². The molecule has 0 radical (unpaired) electrons. The fourth-order valence-electron chi connectivity index (χ4n) is 4.10. The van der Waals surface area contributed by atoms with Crippen LogP contribution in [0.15, 0.2) is 104 Å². The van der Waals surface area contributed by atoms with E-state index in [2.05, 4.69) is 89.5 Å². The van der Waals surface area contributed by atoms with Crippen molar-refractivity contribution in [2.24, 2.45) is 0 Å². The molecule has 136 valence electrons. The third-order valence-electron chi connectivity index (χ3n) is 5.43. The highest BCUT2D eigenvalue weighted by atomic mass is 32.2. The number of benzene rings is 3. The molecule has 2 N–H and O–H groups in total. The van der Waals surface area contributed by atoms with Gasteiger partial charge in [-0.2, -0.15) is 0 Å². The van der Waals surface area contributed by atoms with Crippen molar-refractivity contribution in [2.45, 2.75) is 27.0 Å². The Labute approximate surface area is 173 Å². The van der Waals surface area contributed by atoms with Crippen LogP contribution >= 0.6 is 23.5 Å². The first-order valence-corrected chi connectivity index (χ1v) is 11.1. The predicted molar refractivity (Wildman–Crippen MR) is 120 cm³/mol. The molecule has 4 heteroatoms. The van der Waals surface area contributed by atoms with Crippen LogP contribution in [0.25, 0.3) is 0 Å². The molecule has 0 saturated heterocycles. The topological polar surface area (TPSA) is 24.1 Å². The van der Waals surface area contributed by atoms with Crippen molar-refractivity contribution in [3.05, 3.63) is 95.0 Å². The van der Waals surface area contributed by atoms with Crippen LogP contribution in [0.5, 0.6) is 0 Å². The van der Waals surface area contributed by atoms with Crippen molar-refractivity contribution in [3.63, 3.8) is 0 Å². The number of para-hydroxylation sites is 3. The maximum absolute atomic E-state index is 3.75. The molecule has 0 spiro atoms. The Bertz CT molecular complexity index is 1160. The second-order valence-corrected chi connectivity index (χ2v) is 9.30. The average molecular weight is 399 g/mol. The molecule has 0 amide bonds. The minimum atomic E-state index is 0.328. The van der Waals surface area contributed by atoms with E-state index in [1.54, 1.807) is 0 Å². The number of nitrogens with one attached hydrogen (secondary N) is 2. The molecule has 0 fully saturated rings. The summed E-state index contributed by atoms with van der Waals surface area (Å²) in [6, 6.07) is 23.8. The van der Waals surface area contributed by atoms with Gasteiger partial charge >= 0.3 is 0 Å². The molecule has 2 nitrogen and oxygen atoms in total. The van der Waals surface area contributed by atoms with E-state index in [-0.39, 0.29) is 0 Å². The van der Waals surface area contributed by atoms with Crippen LogP contribution in [-0.4, -0.2) is 0 Å². The highest BCUT2D eigenvalue weighted by molar-refractivity contribution is 8.03. The molecule has 1 aliphatic carbocycles. The maximum atomic E-state index is 3.75. The van der Waals surface area contributed by atoms with E-state index >= 15 is 0 Å². The zero-order valence-electron chi connectivity index (χ0n) is 15.1. The first kappa shape index (κ1) is 16.4. The van der Waals surface area contributed by atoms with E-state index in [0.717, 1.165) is 6.42 Å². The molecule has 3 aliphatic rings. The molecular weight excluding hydrogens is 380 g/mol. The van der Waals surface area contributed by atoms with Gasteiger partial charge in [-0.05, 0) is 42.3 Å². The third kappa shape index (κ3) is 2.60. The van der Waals surface area contributed by atoms with Gasteiger partial charge in [-0.3, -0.25) is 0 Å². The summed E-state index contributed by atoms with van der Waals surface area (Å²) in [6.07, 6.45) is 5.60. The van der Waals surface area contributed by atoms with E-state index in [1.807, 2.05) is 23.5 Å². The Kier molecular flexibility index (Phi) is 3.81. The van der Waals surface area contributed by atoms with Crippen molar-refractivity contribution in [2.75, 3.05) is 10.6 Å². The summed E-state index contributed by atoms with van der Waals surface area (Å²) < 4.78 is 0. The molecule has 3 aromatic rings. The second kappa shape index (κ2) is 6.50. The van der Waals surface area contributed by atoms with Crippen molar-refractivity contribution >= 4 is 40.6 Å². The van der Waals surface area contributed by atoms with E-state index in [1.165, 1.54) is 47.9 Å². The highest BCUT2D eigenvalue weighted by Gasteiger charge is 2.30. The summed E-state index contributed by atoms with van der Waals surface area (Å²) in [5.74, 6) is 0.328. The summed E-state index contributed by atoms with van der Waals surface area (Å²) >= 11 is 3.73. The van der Waals surface area contributed by atoms with Crippen LogP contribution in [0.4, 0.5) is 17.1 Å². The molecular formula is C24H18N2S2. The Balaban J connectivity index is 1.43. The van der Waals surface area contributed by atoms with Gasteiger partial charge in [0.15, 0.2) is 0 Å². The van der Waals surface area contributed by atoms with E-state index in [9.17, 15) is 0 Å². The van der Waals surface area contributed by atoms with Crippen LogP contribution in [-0.2, 0) is 0 Å². The lowest BCUT2D eigenvalue weighted by Crippen LogP contribution is -2.18. The Morgan fingerprint density at radius 2 is 1.43 bits per heavy atom. The largest absolute Gasteiger partial charge is 0.357 e. The fourth-order valence-corrected chi connectivity index (χ4v) is 6.21. The number of allylic oxidation sites excluding steroid dienone is 3. The van der Waals surface area contributed by atoms with Crippen LogP contribution < -0.4 is 10.6 Å². The molecule has 0 bridgehead atoms. The molecule has 0 saturated carbocycles. The summed E-state index contributed by atoms with van der Waals surface area (Å²) in [5, 5.41) is 7.47. The molecule has 2 aliphatic heterocycles. The van der Waals surface area contributed by atoms with Gasteiger partial charge in [-0.15, -0.1) is 0 Å². The monoisotopic (exact) mass is 398 g/mol. The number of fused-ring (bicyclic) bond motifs is 3. The van der Waals surface area contributed by atoms with E-state index < -0.39 is 0 Å². The quantitative estimate of drug-likeness (QED) is 0.349. The van der Waals surface area contributed by atoms with E-state index in [4.69, 9.17) is 0 Å². The molecule has 2 heterocycles. The Morgan fingerprint density at radius 1 is 0.714 bits per heavy atom. The normalized spacial score (nSPS) is 18.9.